The maximum absolute atomic E-state index is 10.3. The molecule has 2 atom stereocenters. The zero-order valence-electron chi connectivity index (χ0n) is 13.8. The van der Waals surface area contributed by atoms with Crippen LogP contribution in [0, 0.1) is 0 Å². The summed E-state index contributed by atoms with van der Waals surface area (Å²) in [4.78, 5) is 10.3. The van der Waals surface area contributed by atoms with E-state index in [1.54, 1.807) is 0 Å². The lowest BCUT2D eigenvalue weighted by atomic mass is 10.00. The molecule has 0 fully saturated rings. The van der Waals surface area contributed by atoms with Gasteiger partial charge in [0.2, 0.25) is 0 Å². The lowest BCUT2D eigenvalue weighted by Crippen LogP contribution is -2.25. The van der Waals surface area contributed by atoms with Crippen LogP contribution in [-0.2, 0) is 4.79 Å². The van der Waals surface area contributed by atoms with Crippen LogP contribution in [0.5, 0.6) is 0 Å². The van der Waals surface area contributed by atoms with Crippen molar-refractivity contribution in [3.63, 3.8) is 0 Å². The summed E-state index contributed by atoms with van der Waals surface area (Å²) in [5, 5.41) is 36.9. The number of hydrogen-bond acceptors (Lipinski definition) is 4. The topological polar surface area (TPSA) is 98.0 Å². The number of aliphatic carboxylic acids is 1. The van der Waals surface area contributed by atoms with Gasteiger partial charge in [-0.05, 0) is 25.7 Å². The first kappa shape index (κ1) is 21.4. The van der Waals surface area contributed by atoms with Gasteiger partial charge in [0.25, 0.3) is 0 Å². The van der Waals surface area contributed by atoms with Gasteiger partial charge >= 0.3 is 5.97 Å². The summed E-state index contributed by atoms with van der Waals surface area (Å²) in [6.07, 6.45) is 9.58. The van der Waals surface area contributed by atoms with Crippen LogP contribution in [0.4, 0.5) is 0 Å². The molecule has 0 bridgehead atoms. The van der Waals surface area contributed by atoms with Gasteiger partial charge in [0, 0.05) is 13.0 Å². The van der Waals surface area contributed by atoms with Gasteiger partial charge in [-0.2, -0.15) is 0 Å². The Morgan fingerprint density at radius 1 is 0.682 bits per heavy atom. The predicted octanol–water partition coefficient (Wildman–Crippen LogP) is 2.86. The van der Waals surface area contributed by atoms with Crippen molar-refractivity contribution >= 4 is 5.97 Å². The minimum atomic E-state index is -0.741. The molecular weight excluding hydrogens is 284 g/mol. The molecule has 22 heavy (non-hydrogen) atoms. The molecule has 0 radical (unpaired) electrons. The molecule has 0 aromatic carbocycles. The molecule has 4 N–H and O–H groups in total. The third-order valence-corrected chi connectivity index (χ3v) is 3.99. The van der Waals surface area contributed by atoms with Gasteiger partial charge in [-0.3, -0.25) is 4.79 Å². The van der Waals surface area contributed by atoms with Gasteiger partial charge < -0.3 is 20.4 Å². The first-order valence-electron chi connectivity index (χ1n) is 8.76. The highest BCUT2D eigenvalue weighted by molar-refractivity contribution is 5.66. The van der Waals surface area contributed by atoms with Crippen molar-refractivity contribution in [1.82, 2.24) is 0 Å². The van der Waals surface area contributed by atoms with Crippen LogP contribution in [0.2, 0.25) is 0 Å². The van der Waals surface area contributed by atoms with Gasteiger partial charge in [0.1, 0.15) is 0 Å². The number of aliphatic hydroxyl groups is 3. The highest BCUT2D eigenvalue weighted by Gasteiger charge is 2.15. The SMILES string of the molecule is O=C(O)CCCCCCCC(O)C(O)CCCCCCCO. The average molecular weight is 318 g/mol. The Morgan fingerprint density at radius 2 is 1.09 bits per heavy atom. The van der Waals surface area contributed by atoms with Gasteiger partial charge in [0.05, 0.1) is 12.2 Å². The molecule has 0 saturated carbocycles. The molecule has 0 heterocycles. The number of rotatable bonds is 16. The van der Waals surface area contributed by atoms with Crippen molar-refractivity contribution in [3.05, 3.63) is 0 Å². The number of hydrogen-bond donors (Lipinski definition) is 4. The van der Waals surface area contributed by atoms with E-state index in [0.29, 0.717) is 12.8 Å². The third-order valence-electron chi connectivity index (χ3n) is 3.99. The summed E-state index contributed by atoms with van der Waals surface area (Å²) in [5.41, 5.74) is 0. The van der Waals surface area contributed by atoms with E-state index in [-0.39, 0.29) is 13.0 Å². The van der Waals surface area contributed by atoms with Gasteiger partial charge in [-0.25, -0.2) is 0 Å². The molecule has 0 aromatic heterocycles. The molecule has 0 amide bonds. The molecule has 132 valence electrons. The van der Waals surface area contributed by atoms with Crippen LogP contribution < -0.4 is 0 Å². The summed E-state index contributed by atoms with van der Waals surface area (Å²) in [7, 11) is 0. The Hall–Kier alpha value is -0.650. The largest absolute Gasteiger partial charge is 0.481 e. The molecular formula is C17H34O5. The third kappa shape index (κ3) is 14.3. The quantitative estimate of drug-likeness (QED) is 0.328. The first-order chi connectivity index (χ1) is 10.6. The van der Waals surface area contributed by atoms with Crippen LogP contribution in [0.3, 0.4) is 0 Å². The summed E-state index contributed by atoms with van der Waals surface area (Å²) in [6.45, 7) is 0.248. The van der Waals surface area contributed by atoms with Gasteiger partial charge in [-0.15, -0.1) is 0 Å². The molecule has 0 aliphatic carbocycles. The minimum Gasteiger partial charge on any atom is -0.481 e. The van der Waals surface area contributed by atoms with Crippen LogP contribution in [-0.4, -0.2) is 45.2 Å². The normalized spacial score (nSPS) is 14.0. The molecule has 5 heteroatoms. The lowest BCUT2D eigenvalue weighted by Gasteiger charge is -2.17. The molecule has 0 saturated heterocycles. The lowest BCUT2D eigenvalue weighted by molar-refractivity contribution is -0.137. The summed E-state index contributed by atoms with van der Waals surface area (Å²) in [5.74, 6) is -0.741. The number of unbranched alkanes of at least 4 members (excludes halogenated alkanes) is 8. The molecule has 0 aliphatic heterocycles. The number of aliphatic hydroxyl groups excluding tert-OH is 3. The van der Waals surface area contributed by atoms with E-state index in [1.165, 1.54) is 0 Å². The zero-order valence-corrected chi connectivity index (χ0v) is 13.8. The van der Waals surface area contributed by atoms with E-state index in [9.17, 15) is 15.0 Å². The zero-order chi connectivity index (χ0) is 16.6. The molecule has 5 nitrogen and oxygen atoms in total. The summed E-state index contributed by atoms with van der Waals surface area (Å²) in [6, 6.07) is 0. The van der Waals surface area contributed by atoms with Crippen LogP contribution in [0.25, 0.3) is 0 Å². The molecule has 0 spiro atoms. The Kier molecular flexibility index (Phi) is 14.8. The fourth-order valence-corrected chi connectivity index (χ4v) is 2.54. The first-order valence-corrected chi connectivity index (χ1v) is 8.76. The fourth-order valence-electron chi connectivity index (χ4n) is 2.54. The highest BCUT2D eigenvalue weighted by Crippen LogP contribution is 2.14. The Balaban J connectivity index is 3.38. The fraction of sp³-hybridized carbons (Fsp3) is 0.941. The van der Waals surface area contributed by atoms with E-state index in [2.05, 4.69) is 0 Å². The summed E-state index contributed by atoms with van der Waals surface area (Å²) >= 11 is 0. The second-order valence-electron chi connectivity index (χ2n) is 6.11. The van der Waals surface area contributed by atoms with E-state index in [0.717, 1.165) is 64.2 Å². The monoisotopic (exact) mass is 318 g/mol. The van der Waals surface area contributed by atoms with Crippen LogP contribution in [0.1, 0.15) is 83.5 Å². The Bertz CT molecular complexity index is 257. The average Bonchev–Trinajstić information content (AvgIpc) is 2.49. The number of carboxylic acids is 1. The number of carbonyl (C=O) groups is 1. The van der Waals surface area contributed by atoms with Crippen molar-refractivity contribution in [2.45, 2.75) is 95.7 Å². The van der Waals surface area contributed by atoms with Crippen molar-refractivity contribution in [1.29, 1.82) is 0 Å². The van der Waals surface area contributed by atoms with Crippen molar-refractivity contribution in [3.8, 4) is 0 Å². The van der Waals surface area contributed by atoms with Crippen LogP contribution >= 0.6 is 0 Å². The Morgan fingerprint density at radius 3 is 1.55 bits per heavy atom. The van der Waals surface area contributed by atoms with Gasteiger partial charge in [-0.1, -0.05) is 51.4 Å². The smallest absolute Gasteiger partial charge is 0.303 e. The van der Waals surface area contributed by atoms with E-state index >= 15 is 0 Å². The van der Waals surface area contributed by atoms with E-state index < -0.39 is 18.2 Å². The van der Waals surface area contributed by atoms with Crippen molar-refractivity contribution in [2.75, 3.05) is 6.61 Å². The molecule has 0 aromatic rings. The predicted molar refractivity (Wildman–Crippen MR) is 86.8 cm³/mol. The maximum Gasteiger partial charge on any atom is 0.303 e. The highest BCUT2D eigenvalue weighted by atomic mass is 16.4. The van der Waals surface area contributed by atoms with Gasteiger partial charge in [0.15, 0.2) is 0 Å². The molecule has 0 aliphatic rings. The molecule has 2 unspecified atom stereocenters. The van der Waals surface area contributed by atoms with Crippen LogP contribution in [0.15, 0.2) is 0 Å². The standard InChI is InChI=1S/C17H34O5/c18-14-10-6-2-4-8-12-16(20)15(19)11-7-3-1-5-9-13-17(21)22/h15-16,18-20H,1-14H2,(H,21,22). The maximum atomic E-state index is 10.3. The minimum absolute atomic E-state index is 0.236. The van der Waals surface area contributed by atoms with E-state index in [4.69, 9.17) is 10.2 Å². The van der Waals surface area contributed by atoms with Crippen molar-refractivity contribution in [2.24, 2.45) is 0 Å². The second-order valence-corrected chi connectivity index (χ2v) is 6.11. The Labute approximate surface area is 134 Å². The molecule has 0 rings (SSSR count). The second kappa shape index (κ2) is 15.3. The summed E-state index contributed by atoms with van der Waals surface area (Å²) < 4.78 is 0. The van der Waals surface area contributed by atoms with E-state index in [1.807, 2.05) is 0 Å². The number of carboxylic acid groups (broad SMARTS) is 1. The van der Waals surface area contributed by atoms with Crippen molar-refractivity contribution < 1.29 is 25.2 Å².